The van der Waals surface area contributed by atoms with E-state index in [0.29, 0.717) is 12.3 Å². The van der Waals surface area contributed by atoms with Gasteiger partial charge in [-0.25, -0.2) is 14.8 Å². The van der Waals surface area contributed by atoms with Gasteiger partial charge in [0.25, 0.3) is 5.91 Å². The quantitative estimate of drug-likeness (QED) is 0.242. The summed E-state index contributed by atoms with van der Waals surface area (Å²) in [6.07, 6.45) is 0. The molecule has 0 aliphatic heterocycles. The molecule has 0 radical (unpaired) electrons. The number of hydrogen-bond acceptors (Lipinski definition) is 4. The molecule has 0 saturated heterocycles. The maximum absolute atomic E-state index is 13.1. The zero-order valence-electron chi connectivity index (χ0n) is 17.9. The summed E-state index contributed by atoms with van der Waals surface area (Å²) in [7, 11) is 0. The standard InChI is InChI=1S/C25H23FN4OS/c1-17-7-9-19(10-8-17)15-30-23-6-4-3-5-22(23)27-25(30)32-16-24(31)29-28-18(2)20-11-13-21(26)14-12-20/h3-14H,15-16H2,1-2H3,(H,29,31)/b28-18-. The average molecular weight is 447 g/mol. The fourth-order valence-electron chi connectivity index (χ4n) is 3.26. The number of amides is 1. The molecule has 0 aliphatic carbocycles. The highest BCUT2D eigenvalue weighted by Crippen LogP contribution is 2.25. The lowest BCUT2D eigenvalue weighted by Crippen LogP contribution is -2.21. The van der Waals surface area contributed by atoms with E-state index in [4.69, 9.17) is 4.98 Å². The van der Waals surface area contributed by atoms with Crippen LogP contribution in [0.1, 0.15) is 23.6 Å². The van der Waals surface area contributed by atoms with Crippen molar-refractivity contribution >= 4 is 34.4 Å². The summed E-state index contributed by atoms with van der Waals surface area (Å²) >= 11 is 1.37. The summed E-state index contributed by atoms with van der Waals surface area (Å²) in [6.45, 7) is 4.50. The molecule has 0 atom stereocenters. The van der Waals surface area contributed by atoms with E-state index in [0.717, 1.165) is 21.8 Å². The van der Waals surface area contributed by atoms with Gasteiger partial charge >= 0.3 is 0 Å². The Morgan fingerprint density at radius 3 is 2.53 bits per heavy atom. The molecule has 1 aromatic heterocycles. The van der Waals surface area contributed by atoms with E-state index in [1.165, 1.54) is 35.0 Å². The van der Waals surface area contributed by atoms with Crippen LogP contribution in [0, 0.1) is 12.7 Å². The van der Waals surface area contributed by atoms with E-state index in [2.05, 4.69) is 46.3 Å². The lowest BCUT2D eigenvalue weighted by atomic mass is 10.1. The van der Waals surface area contributed by atoms with Gasteiger partial charge in [0.05, 0.1) is 29.0 Å². The number of para-hydroxylation sites is 2. The van der Waals surface area contributed by atoms with Crippen molar-refractivity contribution in [3.05, 3.63) is 95.3 Å². The van der Waals surface area contributed by atoms with Crippen LogP contribution in [0.5, 0.6) is 0 Å². The van der Waals surface area contributed by atoms with Gasteiger partial charge in [-0.2, -0.15) is 5.10 Å². The van der Waals surface area contributed by atoms with Gasteiger partial charge in [-0.3, -0.25) is 4.79 Å². The lowest BCUT2D eigenvalue weighted by Gasteiger charge is -2.09. The molecular weight excluding hydrogens is 423 g/mol. The summed E-state index contributed by atoms with van der Waals surface area (Å²) in [6, 6.07) is 22.4. The molecule has 0 bridgehead atoms. The van der Waals surface area contributed by atoms with E-state index in [-0.39, 0.29) is 17.5 Å². The first-order chi connectivity index (χ1) is 15.5. The zero-order valence-corrected chi connectivity index (χ0v) is 18.7. The molecule has 7 heteroatoms. The minimum absolute atomic E-state index is 0.178. The molecule has 0 spiro atoms. The predicted octanol–water partition coefficient (Wildman–Crippen LogP) is 5.16. The minimum atomic E-state index is -0.310. The van der Waals surface area contributed by atoms with Crippen molar-refractivity contribution in [2.24, 2.45) is 5.10 Å². The van der Waals surface area contributed by atoms with E-state index >= 15 is 0 Å². The number of hydrogen-bond donors (Lipinski definition) is 1. The Hall–Kier alpha value is -3.45. The molecule has 0 saturated carbocycles. The van der Waals surface area contributed by atoms with Crippen LogP contribution >= 0.6 is 11.8 Å². The Balaban J connectivity index is 1.46. The van der Waals surface area contributed by atoms with Crippen LogP contribution in [-0.2, 0) is 11.3 Å². The molecule has 4 aromatic rings. The molecule has 32 heavy (non-hydrogen) atoms. The SMILES string of the molecule is C/C(=N/NC(=O)CSc1nc2ccccc2n1Cc1ccc(C)cc1)c1ccc(F)cc1. The molecule has 3 aromatic carbocycles. The zero-order chi connectivity index (χ0) is 22.5. The van der Waals surface area contributed by atoms with Crippen LogP contribution in [0.25, 0.3) is 11.0 Å². The summed E-state index contributed by atoms with van der Waals surface area (Å²) in [5.74, 6) is -0.363. The molecule has 0 fully saturated rings. The Morgan fingerprint density at radius 1 is 1.06 bits per heavy atom. The van der Waals surface area contributed by atoms with Gasteiger partial charge in [0, 0.05) is 0 Å². The van der Waals surface area contributed by atoms with Gasteiger partial charge in [-0.05, 0) is 49.2 Å². The first kappa shape index (κ1) is 21.8. The van der Waals surface area contributed by atoms with Crippen molar-refractivity contribution in [1.82, 2.24) is 15.0 Å². The number of carbonyl (C=O) groups is 1. The number of imidazole rings is 1. The number of halogens is 1. The molecule has 1 heterocycles. The highest BCUT2D eigenvalue weighted by Gasteiger charge is 2.13. The molecule has 1 amide bonds. The number of rotatable bonds is 7. The van der Waals surface area contributed by atoms with Crippen LogP contribution in [0.15, 0.2) is 83.1 Å². The highest BCUT2D eigenvalue weighted by atomic mass is 32.2. The Morgan fingerprint density at radius 2 is 1.78 bits per heavy atom. The smallest absolute Gasteiger partial charge is 0.250 e. The van der Waals surface area contributed by atoms with Crippen molar-refractivity contribution in [2.45, 2.75) is 25.5 Å². The van der Waals surface area contributed by atoms with Gasteiger partial charge in [-0.15, -0.1) is 0 Å². The third-order valence-electron chi connectivity index (χ3n) is 5.02. The average Bonchev–Trinajstić information content (AvgIpc) is 3.15. The lowest BCUT2D eigenvalue weighted by molar-refractivity contribution is -0.118. The maximum Gasteiger partial charge on any atom is 0.250 e. The van der Waals surface area contributed by atoms with Gasteiger partial charge in [0.2, 0.25) is 0 Å². The van der Waals surface area contributed by atoms with Crippen LogP contribution in [0.2, 0.25) is 0 Å². The Kier molecular flexibility index (Phi) is 6.66. The van der Waals surface area contributed by atoms with Crippen molar-refractivity contribution in [1.29, 1.82) is 0 Å². The molecular formula is C25H23FN4OS. The summed E-state index contributed by atoms with van der Waals surface area (Å²) in [5.41, 5.74) is 8.24. The number of carbonyl (C=O) groups excluding carboxylic acids is 1. The fraction of sp³-hybridized carbons (Fsp3) is 0.160. The molecule has 5 nitrogen and oxygen atoms in total. The predicted molar refractivity (Wildman–Crippen MR) is 127 cm³/mol. The van der Waals surface area contributed by atoms with Crippen molar-refractivity contribution in [3.63, 3.8) is 0 Å². The monoisotopic (exact) mass is 446 g/mol. The summed E-state index contributed by atoms with van der Waals surface area (Å²) in [5, 5.41) is 4.91. The van der Waals surface area contributed by atoms with E-state index in [9.17, 15) is 9.18 Å². The van der Waals surface area contributed by atoms with Gasteiger partial charge < -0.3 is 4.57 Å². The topological polar surface area (TPSA) is 59.3 Å². The molecule has 1 N–H and O–H groups in total. The molecule has 0 unspecified atom stereocenters. The number of nitrogens with one attached hydrogen (secondary N) is 1. The number of aromatic nitrogens is 2. The largest absolute Gasteiger partial charge is 0.314 e. The number of benzene rings is 3. The number of aryl methyl sites for hydroxylation is 1. The van der Waals surface area contributed by atoms with E-state index in [1.54, 1.807) is 19.1 Å². The third kappa shape index (κ3) is 5.23. The van der Waals surface area contributed by atoms with Crippen LogP contribution in [-0.4, -0.2) is 26.9 Å². The second-order valence-electron chi connectivity index (χ2n) is 7.48. The van der Waals surface area contributed by atoms with Crippen LogP contribution < -0.4 is 5.43 Å². The summed E-state index contributed by atoms with van der Waals surface area (Å²) < 4.78 is 15.2. The number of thioether (sulfide) groups is 1. The highest BCUT2D eigenvalue weighted by molar-refractivity contribution is 7.99. The van der Waals surface area contributed by atoms with Crippen LogP contribution in [0.4, 0.5) is 4.39 Å². The van der Waals surface area contributed by atoms with Crippen molar-refractivity contribution in [3.8, 4) is 0 Å². The molecule has 162 valence electrons. The van der Waals surface area contributed by atoms with Crippen molar-refractivity contribution < 1.29 is 9.18 Å². The van der Waals surface area contributed by atoms with E-state index < -0.39 is 0 Å². The fourth-order valence-corrected chi connectivity index (χ4v) is 4.06. The number of hydrazone groups is 1. The minimum Gasteiger partial charge on any atom is -0.314 e. The first-order valence-electron chi connectivity index (χ1n) is 10.2. The van der Waals surface area contributed by atoms with Gasteiger partial charge in [0.1, 0.15) is 5.82 Å². The number of nitrogens with zero attached hydrogens (tertiary/aromatic N) is 3. The first-order valence-corrected chi connectivity index (χ1v) is 11.2. The Labute approximate surface area is 190 Å². The van der Waals surface area contributed by atoms with Gasteiger partial charge in [-0.1, -0.05) is 65.9 Å². The maximum atomic E-state index is 13.1. The number of fused-ring (bicyclic) bond motifs is 1. The molecule has 0 aliphatic rings. The van der Waals surface area contributed by atoms with Crippen molar-refractivity contribution in [2.75, 3.05) is 5.75 Å². The second-order valence-corrected chi connectivity index (χ2v) is 8.43. The normalized spacial score (nSPS) is 11.7. The second kappa shape index (κ2) is 9.78. The van der Waals surface area contributed by atoms with Gasteiger partial charge in [0.15, 0.2) is 5.16 Å². The third-order valence-corrected chi connectivity index (χ3v) is 6.00. The Bertz CT molecular complexity index is 1260. The molecule has 4 rings (SSSR count). The summed E-state index contributed by atoms with van der Waals surface area (Å²) in [4.78, 5) is 17.1. The van der Waals surface area contributed by atoms with Crippen LogP contribution in [0.3, 0.4) is 0 Å². The van der Waals surface area contributed by atoms with E-state index in [1.807, 2.05) is 24.3 Å².